The molecule has 3 N–H and O–H groups in total. The third kappa shape index (κ3) is 2.54. The topological polar surface area (TPSA) is 94.5 Å². The van der Waals surface area contributed by atoms with Crippen molar-refractivity contribution in [1.29, 1.82) is 0 Å². The van der Waals surface area contributed by atoms with Gasteiger partial charge in [-0.3, -0.25) is 0 Å². The highest BCUT2D eigenvalue weighted by Gasteiger charge is 2.15. The van der Waals surface area contributed by atoms with Gasteiger partial charge in [0.05, 0.1) is 11.0 Å². The number of aryl methyl sites for hydroxylation is 1. The largest absolute Gasteiger partial charge is 0.368 e. The molecular weight excluding hydrogens is 334 g/mol. The van der Waals surface area contributed by atoms with E-state index in [0.29, 0.717) is 17.7 Å². The quantitative estimate of drug-likeness (QED) is 0.754. The first-order chi connectivity index (χ1) is 10.1. The van der Waals surface area contributed by atoms with Gasteiger partial charge in [-0.1, -0.05) is 15.9 Å². The fraction of sp³-hybridized carbons (Fsp3) is 0.231. The Morgan fingerprint density at radius 2 is 2.05 bits per heavy atom. The predicted molar refractivity (Wildman–Crippen MR) is 85.5 cm³/mol. The number of hydrogen-bond acceptors (Lipinski definition) is 6. The molecule has 21 heavy (non-hydrogen) atoms. The maximum absolute atomic E-state index is 5.74. The lowest BCUT2D eigenvalue weighted by Crippen LogP contribution is -2.11. The predicted octanol–water partition coefficient (Wildman–Crippen LogP) is 2.30. The Bertz CT molecular complexity index is 791. The van der Waals surface area contributed by atoms with Gasteiger partial charge in [0.15, 0.2) is 0 Å². The van der Waals surface area contributed by atoms with Gasteiger partial charge >= 0.3 is 0 Å². The first kappa shape index (κ1) is 13.7. The SMILES string of the molecule is CCNc1nc2ccc(Br)cc2n1-c1nc(C)nc(N)n1. The molecular formula is C13H14BrN7. The molecule has 0 aliphatic heterocycles. The zero-order valence-corrected chi connectivity index (χ0v) is 13.2. The minimum absolute atomic E-state index is 0.191. The van der Waals surface area contributed by atoms with E-state index in [1.807, 2.05) is 29.7 Å². The molecule has 0 saturated heterocycles. The van der Waals surface area contributed by atoms with E-state index in [4.69, 9.17) is 5.73 Å². The summed E-state index contributed by atoms with van der Waals surface area (Å²) < 4.78 is 2.80. The van der Waals surface area contributed by atoms with Crippen molar-refractivity contribution < 1.29 is 0 Å². The summed E-state index contributed by atoms with van der Waals surface area (Å²) in [5.74, 6) is 1.89. The Balaban J connectivity index is 2.32. The van der Waals surface area contributed by atoms with Crippen molar-refractivity contribution in [3.8, 4) is 5.95 Å². The maximum atomic E-state index is 5.74. The molecule has 0 spiro atoms. The lowest BCUT2D eigenvalue weighted by Gasteiger charge is -2.08. The summed E-state index contributed by atoms with van der Waals surface area (Å²) in [6.45, 7) is 4.53. The second-order valence-electron chi connectivity index (χ2n) is 4.48. The standard InChI is InChI=1S/C13H14BrN7/c1-3-16-12-19-9-5-4-8(14)6-10(9)21(12)13-18-7(2)17-11(15)20-13/h4-6H,3H2,1-2H3,(H,16,19)(H2,15,17,18,20). The van der Waals surface area contributed by atoms with E-state index in [-0.39, 0.29) is 5.95 Å². The Kier molecular flexibility index (Phi) is 3.46. The minimum atomic E-state index is 0.191. The molecule has 0 fully saturated rings. The summed E-state index contributed by atoms with van der Waals surface area (Å²) in [6.07, 6.45) is 0. The van der Waals surface area contributed by atoms with E-state index < -0.39 is 0 Å². The molecule has 1 aromatic carbocycles. The molecule has 3 rings (SSSR count). The number of nitrogen functional groups attached to an aromatic ring is 1. The number of rotatable bonds is 3. The number of aromatic nitrogens is 5. The summed E-state index contributed by atoms with van der Waals surface area (Å²) in [4.78, 5) is 17.2. The van der Waals surface area contributed by atoms with Gasteiger partial charge in [0.2, 0.25) is 17.8 Å². The van der Waals surface area contributed by atoms with Crippen molar-refractivity contribution in [3.63, 3.8) is 0 Å². The number of hydrogen-bond donors (Lipinski definition) is 2. The number of nitrogens with zero attached hydrogens (tertiary/aromatic N) is 5. The van der Waals surface area contributed by atoms with E-state index in [9.17, 15) is 0 Å². The Morgan fingerprint density at radius 3 is 2.76 bits per heavy atom. The number of anilines is 2. The van der Waals surface area contributed by atoms with E-state index in [2.05, 4.69) is 41.2 Å². The smallest absolute Gasteiger partial charge is 0.242 e. The van der Waals surface area contributed by atoms with Crippen molar-refractivity contribution in [1.82, 2.24) is 24.5 Å². The fourth-order valence-electron chi connectivity index (χ4n) is 2.12. The van der Waals surface area contributed by atoms with Gasteiger partial charge in [-0.25, -0.2) is 9.55 Å². The molecule has 0 aliphatic rings. The molecule has 0 saturated carbocycles. The van der Waals surface area contributed by atoms with Crippen LogP contribution in [-0.4, -0.2) is 31.0 Å². The molecule has 3 aromatic rings. The lowest BCUT2D eigenvalue weighted by atomic mass is 10.3. The second kappa shape index (κ2) is 5.28. The Morgan fingerprint density at radius 1 is 1.24 bits per heavy atom. The van der Waals surface area contributed by atoms with Gasteiger partial charge in [0, 0.05) is 11.0 Å². The van der Waals surface area contributed by atoms with Crippen molar-refractivity contribution in [2.24, 2.45) is 0 Å². The molecule has 0 bridgehead atoms. The highest BCUT2D eigenvalue weighted by molar-refractivity contribution is 9.10. The summed E-state index contributed by atoms with van der Waals surface area (Å²) in [6, 6.07) is 5.86. The zero-order chi connectivity index (χ0) is 15.0. The number of nitrogens with one attached hydrogen (secondary N) is 1. The van der Waals surface area contributed by atoms with Crippen LogP contribution in [0.2, 0.25) is 0 Å². The zero-order valence-electron chi connectivity index (χ0n) is 11.6. The van der Waals surface area contributed by atoms with Crippen molar-refractivity contribution in [2.45, 2.75) is 13.8 Å². The average molecular weight is 348 g/mol. The number of fused-ring (bicyclic) bond motifs is 1. The third-order valence-electron chi connectivity index (χ3n) is 2.90. The maximum Gasteiger partial charge on any atom is 0.242 e. The van der Waals surface area contributed by atoms with Crippen LogP contribution < -0.4 is 11.1 Å². The van der Waals surface area contributed by atoms with E-state index in [1.54, 1.807) is 6.92 Å². The second-order valence-corrected chi connectivity index (χ2v) is 5.39. The normalized spacial score (nSPS) is 11.0. The molecule has 7 nitrogen and oxygen atoms in total. The van der Waals surface area contributed by atoms with Crippen molar-refractivity contribution >= 4 is 38.9 Å². The molecule has 2 heterocycles. The molecule has 0 unspecified atom stereocenters. The molecule has 0 amide bonds. The molecule has 0 atom stereocenters. The molecule has 2 aromatic heterocycles. The van der Waals surface area contributed by atoms with Crippen LogP contribution in [0.5, 0.6) is 0 Å². The average Bonchev–Trinajstić information content (AvgIpc) is 2.75. The van der Waals surface area contributed by atoms with E-state index in [0.717, 1.165) is 22.1 Å². The van der Waals surface area contributed by atoms with Gasteiger partial charge in [0.25, 0.3) is 0 Å². The third-order valence-corrected chi connectivity index (χ3v) is 3.40. The summed E-state index contributed by atoms with van der Waals surface area (Å²) >= 11 is 3.48. The van der Waals surface area contributed by atoms with Crippen LogP contribution in [0.4, 0.5) is 11.9 Å². The van der Waals surface area contributed by atoms with Gasteiger partial charge in [-0.2, -0.15) is 15.0 Å². The highest BCUT2D eigenvalue weighted by atomic mass is 79.9. The van der Waals surface area contributed by atoms with Crippen LogP contribution in [0.25, 0.3) is 17.0 Å². The van der Waals surface area contributed by atoms with E-state index >= 15 is 0 Å². The van der Waals surface area contributed by atoms with E-state index in [1.165, 1.54) is 0 Å². The molecule has 8 heteroatoms. The monoisotopic (exact) mass is 347 g/mol. The fourth-order valence-corrected chi connectivity index (χ4v) is 2.46. The van der Waals surface area contributed by atoms with Crippen molar-refractivity contribution in [3.05, 3.63) is 28.5 Å². The number of imidazole rings is 1. The molecule has 0 radical (unpaired) electrons. The number of nitrogens with two attached hydrogens (primary N) is 1. The first-order valence-corrected chi connectivity index (χ1v) is 7.28. The summed E-state index contributed by atoms with van der Waals surface area (Å²) in [5.41, 5.74) is 7.48. The lowest BCUT2D eigenvalue weighted by molar-refractivity contribution is 0.887. The number of halogens is 1. The van der Waals surface area contributed by atoms with Gasteiger partial charge in [0.1, 0.15) is 5.82 Å². The summed E-state index contributed by atoms with van der Waals surface area (Å²) in [7, 11) is 0. The molecule has 0 aliphatic carbocycles. The molecule has 108 valence electrons. The first-order valence-electron chi connectivity index (χ1n) is 6.49. The minimum Gasteiger partial charge on any atom is -0.368 e. The van der Waals surface area contributed by atoms with Crippen LogP contribution in [0.1, 0.15) is 12.7 Å². The Hall–Kier alpha value is -2.22. The van der Waals surface area contributed by atoms with Crippen LogP contribution in [0, 0.1) is 6.92 Å². The van der Waals surface area contributed by atoms with Crippen LogP contribution in [0.15, 0.2) is 22.7 Å². The Labute approximate surface area is 129 Å². The summed E-state index contributed by atoms with van der Waals surface area (Å²) in [5, 5.41) is 3.22. The van der Waals surface area contributed by atoms with Crippen LogP contribution in [-0.2, 0) is 0 Å². The van der Waals surface area contributed by atoms with Gasteiger partial charge in [-0.15, -0.1) is 0 Å². The number of benzene rings is 1. The van der Waals surface area contributed by atoms with Gasteiger partial charge in [-0.05, 0) is 32.0 Å². The van der Waals surface area contributed by atoms with Crippen LogP contribution >= 0.6 is 15.9 Å². The highest BCUT2D eigenvalue weighted by Crippen LogP contribution is 2.26. The van der Waals surface area contributed by atoms with Gasteiger partial charge < -0.3 is 11.1 Å². The van der Waals surface area contributed by atoms with Crippen molar-refractivity contribution in [2.75, 3.05) is 17.6 Å². The van der Waals surface area contributed by atoms with Crippen LogP contribution in [0.3, 0.4) is 0 Å².